The lowest BCUT2D eigenvalue weighted by atomic mass is 9.83. The van der Waals surface area contributed by atoms with Gasteiger partial charge in [0.1, 0.15) is 5.01 Å². The normalized spacial score (nSPS) is 19.0. The van der Waals surface area contributed by atoms with Gasteiger partial charge in [0.2, 0.25) is 0 Å². The summed E-state index contributed by atoms with van der Waals surface area (Å²) in [4.78, 5) is 4.73. The number of hydrogen-bond donors (Lipinski definition) is 1. The summed E-state index contributed by atoms with van der Waals surface area (Å²) in [7, 11) is 0. The summed E-state index contributed by atoms with van der Waals surface area (Å²) in [5.74, 6) is 0. The van der Waals surface area contributed by atoms with Crippen LogP contribution in [0.15, 0.2) is 16.8 Å². The summed E-state index contributed by atoms with van der Waals surface area (Å²) >= 11 is 9.19. The lowest BCUT2D eigenvalue weighted by Crippen LogP contribution is -2.38. The molecule has 0 aromatic carbocycles. The predicted molar refractivity (Wildman–Crippen MR) is 79.4 cm³/mol. The number of nitrogens with zero attached hydrogens (tertiary/aromatic N) is 1. The van der Waals surface area contributed by atoms with E-state index in [9.17, 15) is 0 Å². The van der Waals surface area contributed by atoms with Crippen LogP contribution in [0.4, 0.5) is 0 Å². The molecule has 3 rings (SSSR count). The molecule has 1 fully saturated rings. The molecule has 0 unspecified atom stereocenters. The van der Waals surface area contributed by atoms with Crippen LogP contribution in [0, 0.1) is 0 Å². The van der Waals surface area contributed by atoms with Crippen LogP contribution in [0.2, 0.25) is 4.34 Å². The molecule has 0 saturated heterocycles. The Bertz CT molecular complexity index is 541. The van der Waals surface area contributed by atoms with Crippen LogP contribution in [-0.2, 0) is 5.54 Å². The van der Waals surface area contributed by atoms with E-state index < -0.39 is 0 Å². The summed E-state index contributed by atoms with van der Waals surface area (Å²) in [5.41, 5.74) is 8.42. The van der Waals surface area contributed by atoms with Gasteiger partial charge in [0.15, 0.2) is 0 Å². The average molecular weight is 299 g/mol. The number of thiophene rings is 1. The van der Waals surface area contributed by atoms with Crippen molar-refractivity contribution in [3.63, 3.8) is 0 Å². The molecule has 2 nitrogen and oxygen atoms in total. The second-order valence-electron chi connectivity index (χ2n) is 4.89. The molecule has 96 valence electrons. The van der Waals surface area contributed by atoms with E-state index in [2.05, 4.69) is 5.38 Å². The maximum absolute atomic E-state index is 6.50. The van der Waals surface area contributed by atoms with Gasteiger partial charge < -0.3 is 5.73 Å². The third-order valence-electron chi connectivity index (χ3n) is 3.54. The molecule has 1 saturated carbocycles. The highest BCUT2D eigenvalue weighted by Gasteiger charge is 2.32. The lowest BCUT2D eigenvalue weighted by molar-refractivity contribution is 0.301. The van der Waals surface area contributed by atoms with Crippen molar-refractivity contribution in [3.8, 4) is 11.3 Å². The first-order valence-corrected chi connectivity index (χ1v) is 8.30. The van der Waals surface area contributed by atoms with Crippen LogP contribution in [-0.4, -0.2) is 4.98 Å². The highest BCUT2D eigenvalue weighted by Crippen LogP contribution is 2.38. The van der Waals surface area contributed by atoms with Crippen molar-refractivity contribution in [2.24, 2.45) is 5.73 Å². The minimum absolute atomic E-state index is 0.193. The topological polar surface area (TPSA) is 38.9 Å². The number of rotatable bonds is 2. The van der Waals surface area contributed by atoms with Crippen molar-refractivity contribution in [1.29, 1.82) is 0 Å². The van der Waals surface area contributed by atoms with Crippen molar-refractivity contribution in [2.45, 2.75) is 37.6 Å². The summed E-state index contributed by atoms with van der Waals surface area (Å²) in [6.07, 6.45) is 5.86. The molecule has 1 aliphatic rings. The van der Waals surface area contributed by atoms with Crippen LogP contribution >= 0.6 is 34.3 Å². The van der Waals surface area contributed by atoms with Crippen molar-refractivity contribution < 1.29 is 0 Å². The third kappa shape index (κ3) is 2.35. The Kier molecular flexibility index (Phi) is 3.45. The molecule has 2 N–H and O–H groups in total. The van der Waals surface area contributed by atoms with Crippen LogP contribution in [0.1, 0.15) is 37.1 Å². The van der Waals surface area contributed by atoms with E-state index >= 15 is 0 Å². The zero-order valence-electron chi connectivity index (χ0n) is 9.99. The molecule has 0 atom stereocenters. The zero-order valence-corrected chi connectivity index (χ0v) is 12.4. The van der Waals surface area contributed by atoms with Gasteiger partial charge in [0, 0.05) is 16.3 Å². The first kappa shape index (κ1) is 12.6. The highest BCUT2D eigenvalue weighted by molar-refractivity contribution is 7.14. The van der Waals surface area contributed by atoms with Gasteiger partial charge in [-0.05, 0) is 18.9 Å². The Morgan fingerprint density at radius 1 is 1.17 bits per heavy atom. The van der Waals surface area contributed by atoms with Gasteiger partial charge >= 0.3 is 0 Å². The van der Waals surface area contributed by atoms with E-state index in [1.807, 2.05) is 11.4 Å². The Balaban J connectivity index is 1.89. The molecule has 2 aromatic rings. The lowest BCUT2D eigenvalue weighted by Gasteiger charge is -2.31. The fourth-order valence-corrected chi connectivity index (χ4v) is 4.35. The molecule has 0 aliphatic heterocycles. The monoisotopic (exact) mass is 298 g/mol. The molecule has 5 heteroatoms. The second kappa shape index (κ2) is 4.93. The number of nitrogens with two attached hydrogens (primary N) is 1. The minimum atomic E-state index is -0.193. The second-order valence-corrected chi connectivity index (χ2v) is 7.29. The Morgan fingerprint density at radius 2 is 1.94 bits per heavy atom. The maximum Gasteiger partial charge on any atom is 0.113 e. The van der Waals surface area contributed by atoms with Gasteiger partial charge in [-0.15, -0.1) is 22.7 Å². The van der Waals surface area contributed by atoms with Crippen LogP contribution < -0.4 is 5.73 Å². The smallest absolute Gasteiger partial charge is 0.113 e. The third-order valence-corrected chi connectivity index (χ3v) is 5.69. The minimum Gasteiger partial charge on any atom is -0.319 e. The molecular formula is C13H15ClN2S2. The van der Waals surface area contributed by atoms with Gasteiger partial charge in [-0.25, -0.2) is 4.98 Å². The summed E-state index contributed by atoms with van der Waals surface area (Å²) < 4.78 is 0.805. The van der Waals surface area contributed by atoms with Crippen LogP contribution in [0.5, 0.6) is 0 Å². The van der Waals surface area contributed by atoms with Gasteiger partial charge in [-0.1, -0.05) is 30.9 Å². The van der Waals surface area contributed by atoms with E-state index in [-0.39, 0.29) is 5.54 Å². The van der Waals surface area contributed by atoms with Crippen molar-refractivity contribution in [2.75, 3.05) is 0 Å². The van der Waals surface area contributed by atoms with Crippen molar-refractivity contribution in [3.05, 3.63) is 26.2 Å². The van der Waals surface area contributed by atoms with Gasteiger partial charge in [-0.3, -0.25) is 0 Å². The summed E-state index contributed by atoms with van der Waals surface area (Å²) in [5, 5.41) is 5.22. The van der Waals surface area contributed by atoms with Crippen molar-refractivity contribution in [1.82, 2.24) is 4.98 Å². The molecule has 1 aliphatic carbocycles. The van der Waals surface area contributed by atoms with Gasteiger partial charge in [0.25, 0.3) is 0 Å². The van der Waals surface area contributed by atoms with Gasteiger partial charge in [-0.2, -0.15) is 0 Å². The molecule has 0 bridgehead atoms. The molecule has 2 aromatic heterocycles. The quantitative estimate of drug-likeness (QED) is 0.877. The van der Waals surface area contributed by atoms with Crippen LogP contribution in [0.3, 0.4) is 0 Å². The Morgan fingerprint density at radius 3 is 2.61 bits per heavy atom. The molecule has 0 radical (unpaired) electrons. The Labute approximate surface area is 120 Å². The van der Waals surface area contributed by atoms with Crippen molar-refractivity contribution >= 4 is 34.3 Å². The first-order chi connectivity index (χ1) is 8.67. The van der Waals surface area contributed by atoms with E-state index in [4.69, 9.17) is 22.3 Å². The largest absolute Gasteiger partial charge is 0.319 e. The fraction of sp³-hybridized carbons (Fsp3) is 0.462. The average Bonchev–Trinajstić information content (AvgIpc) is 2.98. The molecule has 0 spiro atoms. The first-order valence-electron chi connectivity index (χ1n) is 6.17. The van der Waals surface area contributed by atoms with E-state index in [0.29, 0.717) is 0 Å². The highest BCUT2D eigenvalue weighted by atomic mass is 35.5. The maximum atomic E-state index is 6.50. The van der Waals surface area contributed by atoms with E-state index in [0.717, 1.165) is 33.4 Å². The number of thiazole rings is 1. The summed E-state index contributed by atoms with van der Waals surface area (Å²) in [6, 6.07) is 1.97. The number of halogens is 1. The number of hydrogen-bond acceptors (Lipinski definition) is 4. The predicted octanol–water partition coefficient (Wildman–Crippen LogP) is 4.64. The number of aromatic nitrogens is 1. The van der Waals surface area contributed by atoms with Gasteiger partial charge in [0.05, 0.1) is 15.6 Å². The zero-order chi connectivity index (χ0) is 12.6. The van der Waals surface area contributed by atoms with Crippen LogP contribution in [0.25, 0.3) is 11.3 Å². The molecule has 2 heterocycles. The molecule has 18 heavy (non-hydrogen) atoms. The fourth-order valence-electron chi connectivity index (χ4n) is 2.48. The van der Waals surface area contributed by atoms with E-state index in [1.54, 1.807) is 22.7 Å². The SMILES string of the molecule is NC1(c2nc(-c3csc(Cl)c3)cs2)CCCCC1. The summed E-state index contributed by atoms with van der Waals surface area (Å²) in [6.45, 7) is 0. The molecule has 0 amide bonds. The Hall–Kier alpha value is -0.420. The standard InChI is InChI=1S/C13H15ClN2S2/c14-11-6-9(7-17-11)10-8-18-12(16-10)13(15)4-2-1-3-5-13/h6-8H,1-5,15H2. The van der Waals surface area contributed by atoms with E-state index in [1.165, 1.54) is 19.3 Å². The molecular weight excluding hydrogens is 284 g/mol.